The topological polar surface area (TPSA) is 47.3 Å². The third-order valence-electron chi connectivity index (χ3n) is 9.19. The van der Waals surface area contributed by atoms with Crippen LogP contribution in [0.15, 0.2) is 175 Å². The Labute approximate surface area is 278 Å². The van der Waals surface area contributed by atoms with Crippen molar-refractivity contribution in [3.8, 4) is 56.0 Å². The number of ether oxygens (including phenoxy) is 1. The summed E-state index contributed by atoms with van der Waals surface area (Å²) in [7, 11) is 0. The Kier molecular flexibility index (Phi) is 6.83. The molecule has 48 heavy (non-hydrogen) atoms. The Bertz CT molecular complexity index is 2460. The van der Waals surface area contributed by atoms with Crippen LogP contribution in [0, 0.1) is 0 Å². The van der Waals surface area contributed by atoms with Gasteiger partial charge in [-0.1, -0.05) is 121 Å². The highest BCUT2D eigenvalue weighted by Gasteiger charge is 2.20. The number of aromatic nitrogens is 1. The molecule has 228 valence electrons. The molecule has 4 nitrogen and oxygen atoms in total. The number of fused-ring (bicyclic) bond motifs is 2. The summed E-state index contributed by atoms with van der Waals surface area (Å²) < 4.78 is 11.5. The first-order valence-electron chi connectivity index (χ1n) is 16.1. The summed E-state index contributed by atoms with van der Waals surface area (Å²) in [5.74, 6) is 0.607. The number of rotatable bonds is 6. The van der Waals surface area contributed by atoms with Crippen molar-refractivity contribution < 1.29 is 9.15 Å². The largest absolute Gasteiger partial charge is 0.473 e. The lowest BCUT2D eigenvalue weighted by atomic mass is 9.83. The maximum atomic E-state index is 5.85. The zero-order valence-electron chi connectivity index (χ0n) is 26.0. The van der Waals surface area contributed by atoms with Gasteiger partial charge in [0.15, 0.2) is 6.23 Å². The number of hydrogen-bond acceptors (Lipinski definition) is 4. The summed E-state index contributed by atoms with van der Waals surface area (Å²) in [6.45, 7) is 0. The smallest absolute Gasteiger partial charge is 0.225 e. The molecule has 1 aliphatic rings. The molecule has 1 N–H and O–H groups in total. The van der Waals surface area contributed by atoms with E-state index in [1.54, 1.807) is 18.7 Å². The molecule has 1 unspecified atom stereocenters. The van der Waals surface area contributed by atoms with Crippen LogP contribution in [0.4, 0.5) is 0 Å². The number of hydrogen-bond donors (Lipinski definition) is 1. The van der Waals surface area contributed by atoms with Crippen molar-refractivity contribution in [3.05, 3.63) is 176 Å². The number of nitrogens with one attached hydrogen (secondary N) is 1. The molecule has 8 aromatic rings. The van der Waals surface area contributed by atoms with Gasteiger partial charge >= 0.3 is 0 Å². The minimum Gasteiger partial charge on any atom is -0.473 e. The molecule has 2 heterocycles. The van der Waals surface area contributed by atoms with Gasteiger partial charge in [0.25, 0.3) is 0 Å². The summed E-state index contributed by atoms with van der Waals surface area (Å²) >= 11 is 0. The number of benzene rings is 7. The van der Waals surface area contributed by atoms with E-state index in [4.69, 9.17) is 9.15 Å². The average molecular weight is 619 g/mol. The molecule has 7 aromatic carbocycles. The van der Waals surface area contributed by atoms with E-state index in [1.165, 1.54) is 54.9 Å². The van der Waals surface area contributed by atoms with Gasteiger partial charge in [-0.05, 0) is 90.3 Å². The Morgan fingerprint density at radius 3 is 1.90 bits per heavy atom. The monoisotopic (exact) mass is 618 g/mol. The maximum Gasteiger partial charge on any atom is 0.225 e. The van der Waals surface area contributed by atoms with Gasteiger partial charge in [0.05, 0.1) is 6.20 Å². The number of nitrogens with zero attached hydrogens (tertiary/aromatic N) is 1. The van der Waals surface area contributed by atoms with Crippen LogP contribution in [-0.2, 0) is 4.74 Å². The van der Waals surface area contributed by atoms with Crippen molar-refractivity contribution >= 4 is 21.5 Å². The van der Waals surface area contributed by atoms with Crippen LogP contribution >= 0.6 is 0 Å². The molecule has 0 saturated carbocycles. The highest BCUT2D eigenvalue weighted by Crippen LogP contribution is 2.46. The average Bonchev–Trinajstić information content (AvgIpc) is 3.90. The van der Waals surface area contributed by atoms with Gasteiger partial charge in [0.2, 0.25) is 5.89 Å². The van der Waals surface area contributed by atoms with Crippen LogP contribution in [-0.4, -0.2) is 4.98 Å². The standard InChI is InChI=1S/C44H30N2O2/c1-2-10-29(11-3-1)35-16-4-5-17-36(35)30-20-21-39-40(28-30)42(32-13-9-15-34(27-32)44-46-23-25-48-44)38-19-7-6-18-37(38)41(39)31-12-8-14-33(26-31)43-45-22-24-47-43/h1-28,44,46H. The van der Waals surface area contributed by atoms with Gasteiger partial charge in [0, 0.05) is 17.3 Å². The van der Waals surface area contributed by atoms with Crippen LogP contribution < -0.4 is 5.32 Å². The molecule has 1 aromatic heterocycles. The normalized spacial score (nSPS) is 13.9. The minimum atomic E-state index is -0.215. The molecule has 0 amide bonds. The second-order valence-corrected chi connectivity index (χ2v) is 12.0. The van der Waals surface area contributed by atoms with Gasteiger partial charge in [-0.15, -0.1) is 0 Å². The van der Waals surface area contributed by atoms with E-state index in [0.717, 1.165) is 22.3 Å². The predicted octanol–water partition coefficient (Wildman–Crippen LogP) is 11.4. The lowest BCUT2D eigenvalue weighted by Gasteiger charge is -2.20. The van der Waals surface area contributed by atoms with E-state index >= 15 is 0 Å². The third kappa shape index (κ3) is 4.83. The highest BCUT2D eigenvalue weighted by molar-refractivity contribution is 6.22. The first-order valence-corrected chi connectivity index (χ1v) is 16.1. The van der Waals surface area contributed by atoms with Crippen molar-refractivity contribution in [2.75, 3.05) is 0 Å². The van der Waals surface area contributed by atoms with Gasteiger partial charge in [0.1, 0.15) is 12.5 Å². The van der Waals surface area contributed by atoms with E-state index in [2.05, 4.69) is 150 Å². The van der Waals surface area contributed by atoms with Crippen LogP contribution in [0.1, 0.15) is 11.8 Å². The summed E-state index contributed by atoms with van der Waals surface area (Å²) in [4.78, 5) is 4.43. The molecule has 0 spiro atoms. The molecule has 9 rings (SSSR count). The predicted molar refractivity (Wildman–Crippen MR) is 195 cm³/mol. The molecular formula is C44H30N2O2. The Hall–Kier alpha value is -6.39. The molecule has 0 bridgehead atoms. The lowest BCUT2D eigenvalue weighted by molar-refractivity contribution is 0.155. The fourth-order valence-corrected chi connectivity index (χ4v) is 7.06. The molecule has 0 saturated heterocycles. The minimum absolute atomic E-state index is 0.215. The molecule has 0 aliphatic carbocycles. The third-order valence-corrected chi connectivity index (χ3v) is 9.19. The van der Waals surface area contributed by atoms with Crippen LogP contribution in [0.5, 0.6) is 0 Å². The molecule has 0 radical (unpaired) electrons. The SMILES string of the molecule is C1=COC(c2cccc(-c3c4ccccc4c(-c4cccc(-c5ncco5)c4)c4ccc(-c5ccccc5-c5ccccc5)cc34)c2)N1. The molecule has 1 atom stereocenters. The van der Waals surface area contributed by atoms with Gasteiger partial charge in [-0.3, -0.25) is 0 Å². The van der Waals surface area contributed by atoms with Crippen molar-refractivity contribution in [2.45, 2.75) is 6.23 Å². The van der Waals surface area contributed by atoms with E-state index in [9.17, 15) is 0 Å². The van der Waals surface area contributed by atoms with Crippen LogP contribution in [0.25, 0.3) is 77.5 Å². The first-order chi connectivity index (χ1) is 23.8. The van der Waals surface area contributed by atoms with Crippen molar-refractivity contribution in [1.82, 2.24) is 10.3 Å². The fraction of sp³-hybridized carbons (Fsp3) is 0.0227. The second-order valence-electron chi connectivity index (χ2n) is 12.0. The van der Waals surface area contributed by atoms with Crippen molar-refractivity contribution in [2.24, 2.45) is 0 Å². The Balaban J connectivity index is 1.35. The number of oxazole rings is 1. The zero-order chi connectivity index (χ0) is 31.9. The van der Waals surface area contributed by atoms with Crippen LogP contribution in [0.2, 0.25) is 0 Å². The van der Waals surface area contributed by atoms with E-state index in [0.29, 0.717) is 5.89 Å². The molecular weight excluding hydrogens is 588 g/mol. The van der Waals surface area contributed by atoms with E-state index < -0.39 is 0 Å². The van der Waals surface area contributed by atoms with Crippen molar-refractivity contribution in [3.63, 3.8) is 0 Å². The van der Waals surface area contributed by atoms with E-state index in [1.807, 2.05) is 12.3 Å². The summed E-state index contributed by atoms with van der Waals surface area (Å²) in [6, 6.07) is 52.2. The summed E-state index contributed by atoms with van der Waals surface area (Å²) in [5, 5.41) is 8.04. The van der Waals surface area contributed by atoms with Gasteiger partial charge in [-0.2, -0.15) is 0 Å². The molecule has 0 fully saturated rings. The fourth-order valence-electron chi connectivity index (χ4n) is 7.06. The van der Waals surface area contributed by atoms with E-state index in [-0.39, 0.29) is 6.23 Å². The maximum absolute atomic E-state index is 5.85. The molecule has 1 aliphatic heterocycles. The second kappa shape index (κ2) is 11.8. The quantitative estimate of drug-likeness (QED) is 0.188. The summed E-state index contributed by atoms with van der Waals surface area (Å²) in [6.07, 6.45) is 6.65. The van der Waals surface area contributed by atoms with Crippen molar-refractivity contribution in [1.29, 1.82) is 0 Å². The highest BCUT2D eigenvalue weighted by atomic mass is 16.5. The zero-order valence-corrected chi connectivity index (χ0v) is 26.0. The first kappa shape index (κ1) is 27.9. The summed E-state index contributed by atoms with van der Waals surface area (Å²) in [5.41, 5.74) is 11.4. The lowest BCUT2D eigenvalue weighted by Crippen LogP contribution is -2.11. The Morgan fingerprint density at radius 2 is 1.15 bits per heavy atom. The van der Waals surface area contributed by atoms with Gasteiger partial charge < -0.3 is 14.5 Å². The van der Waals surface area contributed by atoms with Gasteiger partial charge in [-0.25, -0.2) is 4.98 Å². The molecule has 4 heteroatoms. The van der Waals surface area contributed by atoms with Crippen LogP contribution in [0.3, 0.4) is 0 Å². The Morgan fingerprint density at radius 1 is 0.500 bits per heavy atom.